The third-order valence-corrected chi connectivity index (χ3v) is 3.63. The molecule has 6 nitrogen and oxygen atoms in total. The maximum atomic E-state index is 12.1. The lowest BCUT2D eigenvalue weighted by Crippen LogP contribution is -2.56. The molecular weight excluding hydrogens is 242 g/mol. The summed E-state index contributed by atoms with van der Waals surface area (Å²) in [5.74, 6) is 0.0779. The first-order chi connectivity index (χ1) is 9.13. The maximum absolute atomic E-state index is 12.1. The Morgan fingerprint density at radius 3 is 2.95 bits per heavy atom. The Morgan fingerprint density at radius 2 is 2.37 bits per heavy atom. The van der Waals surface area contributed by atoms with Gasteiger partial charge in [-0.25, -0.2) is 0 Å². The fourth-order valence-electron chi connectivity index (χ4n) is 2.27. The van der Waals surface area contributed by atoms with Crippen molar-refractivity contribution in [1.29, 1.82) is 5.26 Å². The van der Waals surface area contributed by atoms with Crippen molar-refractivity contribution in [3.63, 3.8) is 0 Å². The number of likely N-dealkylation sites (tertiary alicyclic amines) is 1. The van der Waals surface area contributed by atoms with E-state index in [1.165, 1.54) is 0 Å². The number of aromatic nitrogens is 2. The summed E-state index contributed by atoms with van der Waals surface area (Å²) in [5, 5.41) is 12.7. The molecule has 0 unspecified atom stereocenters. The molecule has 1 atom stereocenters. The fourth-order valence-corrected chi connectivity index (χ4v) is 2.27. The topological polar surface area (TPSA) is 65.2 Å². The molecule has 1 aliphatic heterocycles. The molecule has 0 saturated carbocycles. The van der Waals surface area contributed by atoms with Gasteiger partial charge in [-0.3, -0.25) is 14.4 Å². The predicted octanol–water partition coefficient (Wildman–Crippen LogP) is 0.500. The summed E-state index contributed by atoms with van der Waals surface area (Å²) in [5.41, 5.74) is 0. The van der Waals surface area contributed by atoms with Gasteiger partial charge < -0.3 is 4.90 Å². The lowest BCUT2D eigenvalue weighted by molar-refractivity contribution is -0.137. The lowest BCUT2D eigenvalue weighted by Gasteiger charge is -2.43. The molecule has 0 aliphatic carbocycles. The van der Waals surface area contributed by atoms with Gasteiger partial charge in [0, 0.05) is 39.1 Å². The molecule has 6 heteroatoms. The Morgan fingerprint density at radius 1 is 1.63 bits per heavy atom. The van der Waals surface area contributed by atoms with Crippen LogP contribution >= 0.6 is 0 Å². The molecule has 0 aromatic carbocycles. The third-order valence-electron chi connectivity index (χ3n) is 3.63. The maximum Gasteiger partial charge on any atom is 0.239 e. The van der Waals surface area contributed by atoms with Crippen molar-refractivity contribution in [2.24, 2.45) is 0 Å². The van der Waals surface area contributed by atoms with E-state index in [-0.39, 0.29) is 11.9 Å². The number of rotatable bonds is 5. The Balaban J connectivity index is 1.81. The fraction of sp³-hybridized carbons (Fsp3) is 0.615. The van der Waals surface area contributed by atoms with Gasteiger partial charge in [-0.15, -0.1) is 0 Å². The van der Waals surface area contributed by atoms with E-state index in [1.807, 2.05) is 23.9 Å². The van der Waals surface area contributed by atoms with Crippen molar-refractivity contribution < 1.29 is 4.79 Å². The summed E-state index contributed by atoms with van der Waals surface area (Å²) >= 11 is 0. The van der Waals surface area contributed by atoms with Crippen LogP contribution < -0.4 is 0 Å². The standard InChI is InChI=1S/C13H19N5O/c1-11(13(19)16(2)7-3-5-14)17-9-12(10-17)18-8-4-6-15-18/h4,6,8,11-12H,3,7,9-10H2,1-2H3/t11-/m1/s1. The van der Waals surface area contributed by atoms with Gasteiger partial charge in [-0.2, -0.15) is 10.4 Å². The van der Waals surface area contributed by atoms with Crippen LogP contribution in [0.3, 0.4) is 0 Å². The van der Waals surface area contributed by atoms with Gasteiger partial charge in [-0.05, 0) is 13.0 Å². The van der Waals surface area contributed by atoms with Crippen molar-refractivity contribution in [1.82, 2.24) is 19.6 Å². The van der Waals surface area contributed by atoms with Gasteiger partial charge in [0.05, 0.1) is 24.6 Å². The van der Waals surface area contributed by atoms with Crippen LogP contribution in [-0.2, 0) is 4.79 Å². The van der Waals surface area contributed by atoms with E-state index in [4.69, 9.17) is 5.26 Å². The first-order valence-electron chi connectivity index (χ1n) is 6.48. The van der Waals surface area contributed by atoms with Gasteiger partial charge >= 0.3 is 0 Å². The summed E-state index contributed by atoms with van der Waals surface area (Å²) in [7, 11) is 1.75. The highest BCUT2D eigenvalue weighted by atomic mass is 16.2. The van der Waals surface area contributed by atoms with Gasteiger partial charge in [0.25, 0.3) is 0 Å². The highest BCUT2D eigenvalue weighted by Gasteiger charge is 2.35. The number of hydrogen-bond donors (Lipinski definition) is 0. The number of likely N-dealkylation sites (N-methyl/N-ethyl adjacent to an activating group) is 1. The number of carbonyl (C=O) groups excluding carboxylic acids is 1. The van der Waals surface area contributed by atoms with E-state index in [0.717, 1.165) is 13.1 Å². The Labute approximate surface area is 113 Å². The number of hydrogen-bond acceptors (Lipinski definition) is 4. The van der Waals surface area contributed by atoms with Crippen LogP contribution in [0.2, 0.25) is 0 Å². The van der Waals surface area contributed by atoms with E-state index in [2.05, 4.69) is 16.1 Å². The minimum absolute atomic E-state index is 0.0779. The quantitative estimate of drug-likeness (QED) is 0.774. The summed E-state index contributed by atoms with van der Waals surface area (Å²) < 4.78 is 1.94. The average molecular weight is 261 g/mol. The van der Waals surface area contributed by atoms with E-state index in [1.54, 1.807) is 18.1 Å². The van der Waals surface area contributed by atoms with Crippen molar-refractivity contribution in [2.45, 2.75) is 25.4 Å². The minimum atomic E-state index is -0.129. The Kier molecular flexibility index (Phi) is 4.17. The first kappa shape index (κ1) is 13.6. The van der Waals surface area contributed by atoms with E-state index in [0.29, 0.717) is 19.0 Å². The first-order valence-corrected chi connectivity index (χ1v) is 6.48. The van der Waals surface area contributed by atoms with Gasteiger partial charge in [0.15, 0.2) is 0 Å². The zero-order valence-electron chi connectivity index (χ0n) is 11.4. The second kappa shape index (κ2) is 5.85. The number of amides is 1. The van der Waals surface area contributed by atoms with Gasteiger partial charge in [0.1, 0.15) is 0 Å². The molecule has 102 valence electrons. The smallest absolute Gasteiger partial charge is 0.239 e. The molecule has 1 aromatic heterocycles. The predicted molar refractivity (Wildman–Crippen MR) is 70.2 cm³/mol. The number of nitriles is 1. The molecule has 2 rings (SSSR count). The average Bonchev–Trinajstić information content (AvgIpc) is 2.86. The van der Waals surface area contributed by atoms with Crippen LogP contribution in [0.4, 0.5) is 0 Å². The zero-order valence-corrected chi connectivity index (χ0v) is 11.4. The summed E-state index contributed by atoms with van der Waals surface area (Å²) in [4.78, 5) is 15.9. The zero-order chi connectivity index (χ0) is 13.8. The van der Waals surface area contributed by atoms with Crippen LogP contribution in [0, 0.1) is 11.3 Å². The normalized spacial score (nSPS) is 17.5. The lowest BCUT2D eigenvalue weighted by atomic mass is 10.1. The van der Waals surface area contributed by atoms with Gasteiger partial charge in [0.2, 0.25) is 5.91 Å². The third kappa shape index (κ3) is 2.93. The molecule has 0 radical (unpaired) electrons. The monoisotopic (exact) mass is 261 g/mol. The van der Waals surface area contributed by atoms with Crippen molar-refractivity contribution >= 4 is 5.91 Å². The second-order valence-corrected chi connectivity index (χ2v) is 4.94. The highest BCUT2D eigenvalue weighted by molar-refractivity contribution is 5.81. The molecule has 0 bridgehead atoms. The number of carbonyl (C=O) groups is 1. The largest absolute Gasteiger partial charge is 0.343 e. The van der Waals surface area contributed by atoms with Crippen LogP contribution in [0.25, 0.3) is 0 Å². The molecule has 0 N–H and O–H groups in total. The van der Waals surface area contributed by atoms with Gasteiger partial charge in [-0.1, -0.05) is 0 Å². The van der Waals surface area contributed by atoms with E-state index >= 15 is 0 Å². The Hall–Kier alpha value is -1.87. The molecule has 1 fully saturated rings. The molecule has 2 heterocycles. The summed E-state index contributed by atoms with van der Waals surface area (Å²) in [6, 6.07) is 4.21. The summed E-state index contributed by atoms with van der Waals surface area (Å²) in [6.45, 7) is 4.11. The molecule has 1 aromatic rings. The van der Waals surface area contributed by atoms with Crippen LogP contribution in [0.15, 0.2) is 18.5 Å². The molecule has 1 amide bonds. The molecule has 0 spiro atoms. The SMILES string of the molecule is C[C@H](C(=O)N(C)CCC#N)N1CC(n2cccn2)C1. The van der Waals surface area contributed by atoms with Crippen LogP contribution in [0.5, 0.6) is 0 Å². The molecule has 1 aliphatic rings. The number of nitrogens with zero attached hydrogens (tertiary/aromatic N) is 5. The van der Waals surface area contributed by atoms with Crippen molar-refractivity contribution in [3.8, 4) is 6.07 Å². The highest BCUT2D eigenvalue weighted by Crippen LogP contribution is 2.23. The molecular formula is C13H19N5O. The van der Waals surface area contributed by atoms with E-state index in [9.17, 15) is 4.79 Å². The van der Waals surface area contributed by atoms with E-state index < -0.39 is 0 Å². The molecule has 19 heavy (non-hydrogen) atoms. The molecule has 1 saturated heterocycles. The minimum Gasteiger partial charge on any atom is -0.343 e. The van der Waals surface area contributed by atoms with Crippen molar-refractivity contribution in [2.75, 3.05) is 26.7 Å². The van der Waals surface area contributed by atoms with Crippen LogP contribution in [0.1, 0.15) is 19.4 Å². The summed E-state index contributed by atoms with van der Waals surface area (Å²) in [6.07, 6.45) is 4.10. The Bertz CT molecular complexity index is 458. The van der Waals surface area contributed by atoms with Crippen LogP contribution in [-0.4, -0.2) is 58.2 Å². The second-order valence-electron chi connectivity index (χ2n) is 4.94. The van der Waals surface area contributed by atoms with Crippen molar-refractivity contribution in [3.05, 3.63) is 18.5 Å².